The summed E-state index contributed by atoms with van der Waals surface area (Å²) in [5, 5.41) is 11.1. The summed E-state index contributed by atoms with van der Waals surface area (Å²) in [6.45, 7) is 1.72. The van der Waals surface area contributed by atoms with E-state index in [9.17, 15) is 14.0 Å². The van der Waals surface area contributed by atoms with Crippen molar-refractivity contribution in [3.63, 3.8) is 0 Å². The number of nitrogens with one attached hydrogen (secondary N) is 1. The van der Waals surface area contributed by atoms with Gasteiger partial charge in [0.1, 0.15) is 5.82 Å². The Kier molecular flexibility index (Phi) is 5.30. The highest BCUT2D eigenvalue weighted by Crippen LogP contribution is 2.07. The van der Waals surface area contributed by atoms with E-state index >= 15 is 0 Å². The van der Waals surface area contributed by atoms with Gasteiger partial charge < -0.3 is 10.4 Å². The molecule has 1 aromatic carbocycles. The van der Waals surface area contributed by atoms with Crippen LogP contribution >= 0.6 is 0 Å². The van der Waals surface area contributed by atoms with Gasteiger partial charge in [0, 0.05) is 12.5 Å². The lowest BCUT2D eigenvalue weighted by Crippen LogP contribution is -2.34. The van der Waals surface area contributed by atoms with Crippen LogP contribution in [0.2, 0.25) is 0 Å². The Balaban J connectivity index is 2.42. The number of carboxylic acid groups (broad SMARTS) is 1. The van der Waals surface area contributed by atoms with E-state index in [2.05, 4.69) is 5.32 Å². The maximum Gasteiger partial charge on any atom is 0.303 e. The Hall–Kier alpha value is -1.91. The molecule has 0 saturated heterocycles. The van der Waals surface area contributed by atoms with Crippen molar-refractivity contribution in [1.29, 1.82) is 0 Å². The summed E-state index contributed by atoms with van der Waals surface area (Å²) in [5.74, 6) is -1.62. The predicted molar refractivity (Wildman–Crippen MR) is 64.6 cm³/mol. The zero-order chi connectivity index (χ0) is 13.5. The molecule has 1 aromatic rings. The van der Waals surface area contributed by atoms with Gasteiger partial charge in [-0.15, -0.1) is 0 Å². The molecule has 1 unspecified atom stereocenters. The van der Waals surface area contributed by atoms with E-state index < -0.39 is 11.8 Å². The average molecular weight is 253 g/mol. The van der Waals surface area contributed by atoms with Crippen molar-refractivity contribution in [2.24, 2.45) is 0 Å². The fourth-order valence-corrected chi connectivity index (χ4v) is 1.55. The monoisotopic (exact) mass is 253 g/mol. The predicted octanol–water partition coefficient (Wildman–Crippen LogP) is 1.74. The van der Waals surface area contributed by atoms with Gasteiger partial charge in [0.05, 0.1) is 6.42 Å². The average Bonchev–Trinajstić information content (AvgIpc) is 2.29. The number of carboxylic acids is 1. The van der Waals surface area contributed by atoms with Crippen molar-refractivity contribution in [3.8, 4) is 0 Å². The van der Waals surface area contributed by atoms with Gasteiger partial charge in [-0.2, -0.15) is 0 Å². The van der Waals surface area contributed by atoms with Gasteiger partial charge in [0.15, 0.2) is 0 Å². The lowest BCUT2D eigenvalue weighted by atomic mass is 10.1. The van der Waals surface area contributed by atoms with Crippen LogP contribution in [0.25, 0.3) is 0 Å². The number of aliphatic carboxylic acids is 1. The number of hydrogen-bond donors (Lipinski definition) is 2. The summed E-state index contributed by atoms with van der Waals surface area (Å²) >= 11 is 0. The van der Waals surface area contributed by atoms with E-state index in [4.69, 9.17) is 5.11 Å². The van der Waals surface area contributed by atoms with Crippen LogP contribution in [0.1, 0.15) is 25.3 Å². The van der Waals surface area contributed by atoms with Crippen LogP contribution in [0.4, 0.5) is 4.39 Å². The van der Waals surface area contributed by atoms with Crippen molar-refractivity contribution in [2.75, 3.05) is 0 Å². The SMILES string of the molecule is CC(CCC(=O)O)NC(=O)Cc1ccccc1F. The zero-order valence-corrected chi connectivity index (χ0v) is 10.1. The molecule has 0 aliphatic heterocycles. The number of carbonyl (C=O) groups excluding carboxylic acids is 1. The van der Waals surface area contributed by atoms with Gasteiger partial charge >= 0.3 is 5.97 Å². The number of rotatable bonds is 6. The Labute approximate surface area is 105 Å². The fraction of sp³-hybridized carbons (Fsp3) is 0.385. The van der Waals surface area contributed by atoms with Crippen molar-refractivity contribution in [2.45, 2.75) is 32.2 Å². The summed E-state index contributed by atoms with van der Waals surface area (Å²) in [7, 11) is 0. The van der Waals surface area contributed by atoms with Gasteiger partial charge in [-0.1, -0.05) is 18.2 Å². The van der Waals surface area contributed by atoms with Crippen LogP contribution < -0.4 is 5.32 Å². The Morgan fingerprint density at radius 1 is 1.39 bits per heavy atom. The van der Waals surface area contributed by atoms with E-state index in [0.717, 1.165) is 0 Å². The molecule has 0 saturated carbocycles. The maximum atomic E-state index is 13.3. The van der Waals surface area contributed by atoms with Gasteiger partial charge in [-0.05, 0) is 25.0 Å². The van der Waals surface area contributed by atoms with Gasteiger partial charge in [-0.3, -0.25) is 9.59 Å². The van der Waals surface area contributed by atoms with E-state index in [1.807, 2.05) is 0 Å². The molecule has 0 radical (unpaired) electrons. The second kappa shape index (κ2) is 6.74. The molecule has 4 nitrogen and oxygen atoms in total. The molecule has 1 atom stereocenters. The zero-order valence-electron chi connectivity index (χ0n) is 10.1. The molecule has 0 aromatic heterocycles. The highest BCUT2D eigenvalue weighted by molar-refractivity contribution is 5.79. The third-order valence-corrected chi connectivity index (χ3v) is 2.51. The van der Waals surface area contributed by atoms with Gasteiger partial charge in [-0.25, -0.2) is 4.39 Å². The minimum atomic E-state index is -0.898. The Morgan fingerprint density at radius 2 is 2.06 bits per heavy atom. The van der Waals surface area contributed by atoms with E-state index in [-0.39, 0.29) is 24.8 Å². The third kappa shape index (κ3) is 4.95. The minimum Gasteiger partial charge on any atom is -0.481 e. The molecule has 0 aliphatic carbocycles. The maximum absolute atomic E-state index is 13.3. The molecule has 1 amide bonds. The molecule has 0 bridgehead atoms. The van der Waals surface area contributed by atoms with Crippen molar-refractivity contribution < 1.29 is 19.1 Å². The first-order chi connectivity index (χ1) is 8.49. The normalized spacial score (nSPS) is 11.9. The van der Waals surface area contributed by atoms with Crippen LogP contribution in [-0.4, -0.2) is 23.0 Å². The lowest BCUT2D eigenvalue weighted by Gasteiger charge is -2.12. The molecule has 2 N–H and O–H groups in total. The van der Waals surface area contributed by atoms with Gasteiger partial charge in [0.25, 0.3) is 0 Å². The van der Waals surface area contributed by atoms with E-state index in [1.54, 1.807) is 25.1 Å². The van der Waals surface area contributed by atoms with Crippen LogP contribution in [0.3, 0.4) is 0 Å². The van der Waals surface area contributed by atoms with Crippen molar-refractivity contribution in [1.82, 2.24) is 5.32 Å². The number of halogens is 1. The van der Waals surface area contributed by atoms with Crippen molar-refractivity contribution in [3.05, 3.63) is 35.6 Å². The fourth-order valence-electron chi connectivity index (χ4n) is 1.55. The van der Waals surface area contributed by atoms with Gasteiger partial charge in [0.2, 0.25) is 5.91 Å². The standard InChI is InChI=1S/C13H16FNO3/c1-9(6-7-13(17)18)15-12(16)8-10-4-2-3-5-11(10)14/h2-5,9H,6-8H2,1H3,(H,15,16)(H,17,18). The summed E-state index contributed by atoms with van der Waals surface area (Å²) < 4.78 is 13.3. The molecular formula is C13H16FNO3. The Morgan fingerprint density at radius 3 is 2.67 bits per heavy atom. The molecule has 0 heterocycles. The molecule has 0 fully saturated rings. The van der Waals surface area contributed by atoms with E-state index in [1.165, 1.54) is 6.07 Å². The highest BCUT2D eigenvalue weighted by atomic mass is 19.1. The highest BCUT2D eigenvalue weighted by Gasteiger charge is 2.11. The first-order valence-electron chi connectivity index (χ1n) is 5.73. The molecule has 0 aliphatic rings. The van der Waals surface area contributed by atoms with Crippen LogP contribution in [-0.2, 0) is 16.0 Å². The minimum absolute atomic E-state index is 0.00114. The quantitative estimate of drug-likeness (QED) is 0.811. The first-order valence-corrected chi connectivity index (χ1v) is 5.73. The van der Waals surface area contributed by atoms with Crippen LogP contribution in [0.5, 0.6) is 0 Å². The van der Waals surface area contributed by atoms with E-state index in [0.29, 0.717) is 12.0 Å². The third-order valence-electron chi connectivity index (χ3n) is 2.51. The molecule has 1 rings (SSSR count). The number of amides is 1. The number of benzene rings is 1. The second-order valence-electron chi connectivity index (χ2n) is 4.17. The summed E-state index contributed by atoms with van der Waals surface area (Å²) in [4.78, 5) is 22.0. The Bertz CT molecular complexity index is 434. The smallest absolute Gasteiger partial charge is 0.303 e. The lowest BCUT2D eigenvalue weighted by molar-refractivity contribution is -0.137. The molecular weight excluding hydrogens is 237 g/mol. The number of carbonyl (C=O) groups is 2. The molecule has 18 heavy (non-hydrogen) atoms. The largest absolute Gasteiger partial charge is 0.481 e. The topological polar surface area (TPSA) is 66.4 Å². The van der Waals surface area contributed by atoms with Crippen LogP contribution in [0.15, 0.2) is 24.3 Å². The second-order valence-corrected chi connectivity index (χ2v) is 4.17. The number of hydrogen-bond acceptors (Lipinski definition) is 2. The first kappa shape index (κ1) is 14.2. The summed E-state index contributed by atoms with van der Waals surface area (Å²) in [6.07, 6.45) is 0.323. The molecule has 5 heteroatoms. The molecule has 0 spiro atoms. The van der Waals surface area contributed by atoms with Crippen LogP contribution in [0, 0.1) is 5.82 Å². The summed E-state index contributed by atoms with van der Waals surface area (Å²) in [5.41, 5.74) is 0.334. The molecule has 98 valence electrons. The van der Waals surface area contributed by atoms with Crippen molar-refractivity contribution >= 4 is 11.9 Å². The summed E-state index contributed by atoms with van der Waals surface area (Å²) in [6, 6.07) is 5.85.